The number of benzene rings is 1. The van der Waals surface area contributed by atoms with Crippen LogP contribution in [0, 0.1) is 0 Å². The molecular weight excluding hydrogens is 190 g/mol. The van der Waals surface area contributed by atoms with Gasteiger partial charge in [-0.3, -0.25) is 4.90 Å². The molecule has 3 heteroatoms. The van der Waals surface area contributed by atoms with Crippen molar-refractivity contribution in [3.63, 3.8) is 0 Å². The second kappa shape index (κ2) is 6.43. The average molecular weight is 209 g/mol. The Balaban J connectivity index is 2.53. The van der Waals surface area contributed by atoms with Crippen molar-refractivity contribution in [1.82, 2.24) is 4.90 Å². The second-order valence-corrected chi connectivity index (χ2v) is 3.67. The number of aromatic hydroxyl groups is 1. The Morgan fingerprint density at radius 3 is 2.33 bits per heavy atom. The van der Waals surface area contributed by atoms with Crippen molar-refractivity contribution in [2.75, 3.05) is 19.7 Å². The molecule has 0 fully saturated rings. The highest BCUT2D eigenvalue weighted by molar-refractivity contribution is 5.25. The Hall–Kier alpha value is -1.06. The largest absolute Gasteiger partial charge is 0.508 e. The van der Waals surface area contributed by atoms with E-state index in [1.807, 2.05) is 12.1 Å². The summed E-state index contributed by atoms with van der Waals surface area (Å²) in [5.41, 5.74) is 1.16. The first-order valence-corrected chi connectivity index (χ1v) is 5.37. The molecule has 3 nitrogen and oxygen atoms in total. The van der Waals surface area contributed by atoms with Crippen LogP contribution in [0.1, 0.15) is 18.9 Å². The zero-order chi connectivity index (χ0) is 11.1. The van der Waals surface area contributed by atoms with Crippen molar-refractivity contribution >= 4 is 0 Å². The number of phenols is 1. The lowest BCUT2D eigenvalue weighted by Crippen LogP contribution is -2.27. The highest BCUT2D eigenvalue weighted by Gasteiger charge is 2.03. The number of aliphatic hydroxyl groups is 1. The van der Waals surface area contributed by atoms with Crippen LogP contribution in [0.4, 0.5) is 0 Å². The van der Waals surface area contributed by atoms with Gasteiger partial charge in [0.05, 0.1) is 6.61 Å². The van der Waals surface area contributed by atoms with Crippen molar-refractivity contribution in [2.24, 2.45) is 0 Å². The maximum Gasteiger partial charge on any atom is 0.115 e. The van der Waals surface area contributed by atoms with E-state index in [-0.39, 0.29) is 6.61 Å². The molecule has 0 saturated carbocycles. The average Bonchev–Trinajstić information content (AvgIpc) is 2.22. The smallest absolute Gasteiger partial charge is 0.115 e. The molecule has 15 heavy (non-hydrogen) atoms. The summed E-state index contributed by atoms with van der Waals surface area (Å²) in [7, 11) is 0. The fourth-order valence-corrected chi connectivity index (χ4v) is 1.59. The van der Waals surface area contributed by atoms with Gasteiger partial charge in [0, 0.05) is 13.1 Å². The van der Waals surface area contributed by atoms with Crippen LogP contribution in [0.2, 0.25) is 0 Å². The Morgan fingerprint density at radius 1 is 1.13 bits per heavy atom. The number of aliphatic hydroxyl groups excluding tert-OH is 1. The predicted molar refractivity (Wildman–Crippen MR) is 60.8 cm³/mol. The molecule has 0 aliphatic carbocycles. The van der Waals surface area contributed by atoms with Gasteiger partial charge in [0.25, 0.3) is 0 Å². The number of nitrogens with zero attached hydrogens (tertiary/aromatic N) is 1. The highest BCUT2D eigenvalue weighted by atomic mass is 16.3. The molecule has 0 aliphatic rings. The quantitative estimate of drug-likeness (QED) is 0.748. The minimum atomic E-state index is 0.193. The topological polar surface area (TPSA) is 43.7 Å². The van der Waals surface area contributed by atoms with E-state index in [2.05, 4.69) is 11.8 Å². The standard InChI is InChI=1S/C12H19NO2/c1-2-7-13(8-9-14)10-11-3-5-12(15)6-4-11/h3-6,14-15H,2,7-10H2,1H3. The molecule has 0 atom stereocenters. The summed E-state index contributed by atoms with van der Waals surface area (Å²) in [6.45, 7) is 4.84. The minimum Gasteiger partial charge on any atom is -0.508 e. The van der Waals surface area contributed by atoms with E-state index in [1.165, 1.54) is 0 Å². The predicted octanol–water partition coefficient (Wildman–Crippen LogP) is 1.60. The van der Waals surface area contributed by atoms with Gasteiger partial charge in [-0.05, 0) is 30.7 Å². The number of hydrogen-bond donors (Lipinski definition) is 2. The van der Waals surface area contributed by atoms with Crippen LogP contribution in [-0.4, -0.2) is 34.8 Å². The van der Waals surface area contributed by atoms with Gasteiger partial charge >= 0.3 is 0 Å². The Bertz CT molecular complexity index is 265. The van der Waals surface area contributed by atoms with Crippen LogP contribution < -0.4 is 0 Å². The van der Waals surface area contributed by atoms with Crippen molar-refractivity contribution in [3.8, 4) is 5.75 Å². The molecule has 0 spiro atoms. The van der Waals surface area contributed by atoms with E-state index in [1.54, 1.807) is 12.1 Å². The Morgan fingerprint density at radius 2 is 1.80 bits per heavy atom. The third kappa shape index (κ3) is 4.32. The molecule has 0 aliphatic heterocycles. The fraction of sp³-hybridized carbons (Fsp3) is 0.500. The van der Waals surface area contributed by atoms with E-state index in [4.69, 9.17) is 10.2 Å². The molecule has 0 unspecified atom stereocenters. The molecule has 1 aromatic carbocycles. The summed E-state index contributed by atoms with van der Waals surface area (Å²) in [6.07, 6.45) is 1.08. The molecule has 84 valence electrons. The lowest BCUT2D eigenvalue weighted by molar-refractivity contribution is 0.190. The maximum atomic E-state index is 9.14. The summed E-state index contributed by atoms with van der Waals surface area (Å²) >= 11 is 0. The minimum absolute atomic E-state index is 0.193. The molecule has 0 amide bonds. The highest BCUT2D eigenvalue weighted by Crippen LogP contribution is 2.11. The SMILES string of the molecule is CCCN(CCO)Cc1ccc(O)cc1. The molecule has 0 saturated heterocycles. The van der Waals surface area contributed by atoms with Gasteiger partial charge in [-0.2, -0.15) is 0 Å². The monoisotopic (exact) mass is 209 g/mol. The second-order valence-electron chi connectivity index (χ2n) is 3.67. The van der Waals surface area contributed by atoms with Crippen molar-refractivity contribution < 1.29 is 10.2 Å². The number of hydrogen-bond acceptors (Lipinski definition) is 3. The van der Waals surface area contributed by atoms with E-state index >= 15 is 0 Å². The fourth-order valence-electron chi connectivity index (χ4n) is 1.59. The Kier molecular flexibility index (Phi) is 5.15. The van der Waals surface area contributed by atoms with Crippen LogP contribution in [0.15, 0.2) is 24.3 Å². The summed E-state index contributed by atoms with van der Waals surface area (Å²) in [5, 5.41) is 18.0. The van der Waals surface area contributed by atoms with Gasteiger partial charge in [-0.25, -0.2) is 0 Å². The van der Waals surface area contributed by atoms with Crippen LogP contribution >= 0.6 is 0 Å². The molecule has 2 N–H and O–H groups in total. The Labute approximate surface area is 91.0 Å². The van der Waals surface area contributed by atoms with E-state index in [0.29, 0.717) is 12.3 Å². The van der Waals surface area contributed by atoms with Crippen LogP contribution in [-0.2, 0) is 6.54 Å². The zero-order valence-corrected chi connectivity index (χ0v) is 9.19. The van der Waals surface area contributed by atoms with E-state index < -0.39 is 0 Å². The summed E-state index contributed by atoms with van der Waals surface area (Å²) < 4.78 is 0. The molecule has 0 bridgehead atoms. The number of phenolic OH excluding ortho intramolecular Hbond substituents is 1. The molecule has 1 aromatic rings. The summed E-state index contributed by atoms with van der Waals surface area (Å²) in [5.74, 6) is 0.294. The van der Waals surface area contributed by atoms with Crippen LogP contribution in [0.5, 0.6) is 5.75 Å². The summed E-state index contributed by atoms with van der Waals surface area (Å²) in [4.78, 5) is 2.20. The van der Waals surface area contributed by atoms with Gasteiger partial charge in [0.15, 0.2) is 0 Å². The first-order chi connectivity index (χ1) is 7.26. The normalized spacial score (nSPS) is 10.9. The maximum absolute atomic E-state index is 9.14. The van der Waals surface area contributed by atoms with Crippen LogP contribution in [0.25, 0.3) is 0 Å². The molecule has 0 radical (unpaired) electrons. The first-order valence-electron chi connectivity index (χ1n) is 5.37. The lowest BCUT2D eigenvalue weighted by Gasteiger charge is -2.20. The van der Waals surface area contributed by atoms with Gasteiger partial charge in [0.1, 0.15) is 5.75 Å². The van der Waals surface area contributed by atoms with Gasteiger partial charge in [-0.15, -0.1) is 0 Å². The van der Waals surface area contributed by atoms with Gasteiger partial charge in [-0.1, -0.05) is 19.1 Å². The zero-order valence-electron chi connectivity index (χ0n) is 9.19. The van der Waals surface area contributed by atoms with E-state index in [9.17, 15) is 0 Å². The van der Waals surface area contributed by atoms with Crippen LogP contribution in [0.3, 0.4) is 0 Å². The first kappa shape index (κ1) is 12.0. The van der Waals surface area contributed by atoms with E-state index in [0.717, 1.165) is 25.1 Å². The number of rotatable bonds is 6. The molecule has 1 rings (SSSR count). The third-order valence-electron chi connectivity index (χ3n) is 2.30. The van der Waals surface area contributed by atoms with Gasteiger partial charge < -0.3 is 10.2 Å². The van der Waals surface area contributed by atoms with Gasteiger partial charge in [0.2, 0.25) is 0 Å². The van der Waals surface area contributed by atoms with Crippen molar-refractivity contribution in [3.05, 3.63) is 29.8 Å². The molecular formula is C12H19NO2. The lowest BCUT2D eigenvalue weighted by atomic mass is 10.2. The van der Waals surface area contributed by atoms with Crippen molar-refractivity contribution in [1.29, 1.82) is 0 Å². The molecule has 0 aromatic heterocycles. The summed E-state index contributed by atoms with van der Waals surface area (Å²) in [6, 6.07) is 7.21. The third-order valence-corrected chi connectivity index (χ3v) is 2.30. The molecule has 0 heterocycles. The van der Waals surface area contributed by atoms with Crippen molar-refractivity contribution in [2.45, 2.75) is 19.9 Å².